The van der Waals surface area contributed by atoms with Crippen LogP contribution in [-0.4, -0.2) is 46.2 Å². The van der Waals surface area contributed by atoms with E-state index in [1.807, 2.05) is 0 Å². The number of rotatable bonds is 3. The molecular formula is C7H9N3O3S. The molecule has 0 aromatic carbocycles. The summed E-state index contributed by atoms with van der Waals surface area (Å²) in [5.41, 5.74) is 0.237. The van der Waals surface area contributed by atoms with Gasteiger partial charge in [0.05, 0.1) is 25.0 Å². The lowest BCUT2D eigenvalue weighted by molar-refractivity contribution is -0.141. The molecule has 1 amide bonds. The van der Waals surface area contributed by atoms with E-state index in [0.717, 1.165) is 11.7 Å². The van der Waals surface area contributed by atoms with Crippen molar-refractivity contribution in [3.05, 3.63) is 11.9 Å². The van der Waals surface area contributed by atoms with Crippen molar-refractivity contribution in [1.82, 2.24) is 13.6 Å². The molecule has 0 aliphatic carbocycles. The van der Waals surface area contributed by atoms with E-state index >= 15 is 0 Å². The monoisotopic (exact) mass is 215 g/mol. The van der Waals surface area contributed by atoms with Crippen LogP contribution in [0.1, 0.15) is 10.5 Å². The van der Waals surface area contributed by atoms with Crippen LogP contribution in [0.3, 0.4) is 0 Å². The molecule has 1 aromatic heterocycles. The Morgan fingerprint density at radius 1 is 1.64 bits per heavy atom. The van der Waals surface area contributed by atoms with Gasteiger partial charge in [0.1, 0.15) is 6.54 Å². The molecule has 0 fully saturated rings. The molecule has 0 atom stereocenters. The second kappa shape index (κ2) is 4.66. The van der Waals surface area contributed by atoms with Gasteiger partial charge in [0.2, 0.25) is 0 Å². The fourth-order valence-electron chi connectivity index (χ4n) is 0.784. The normalized spacial score (nSPS) is 9.57. The molecular weight excluding hydrogens is 206 g/mol. The van der Waals surface area contributed by atoms with E-state index in [0.29, 0.717) is 0 Å². The topological polar surface area (TPSA) is 72.4 Å². The minimum Gasteiger partial charge on any atom is -0.468 e. The summed E-state index contributed by atoms with van der Waals surface area (Å²) < 4.78 is 11.9. The molecule has 76 valence electrons. The first-order valence-corrected chi connectivity index (χ1v) is 4.48. The molecule has 1 aromatic rings. The largest absolute Gasteiger partial charge is 0.468 e. The molecule has 6 nitrogen and oxygen atoms in total. The number of methoxy groups -OCH3 is 1. The molecule has 0 aliphatic heterocycles. The molecule has 0 spiro atoms. The maximum atomic E-state index is 11.5. The summed E-state index contributed by atoms with van der Waals surface area (Å²) in [4.78, 5) is 23.6. The van der Waals surface area contributed by atoms with Gasteiger partial charge in [-0.1, -0.05) is 0 Å². The van der Waals surface area contributed by atoms with Crippen molar-refractivity contribution in [3.63, 3.8) is 0 Å². The first kappa shape index (κ1) is 10.6. The Kier molecular flexibility index (Phi) is 3.52. The molecule has 1 heterocycles. The standard InChI is InChI=1S/C7H9N3O3S/c1-10(4-6(11)13-2)7(12)5-3-8-14-9-5/h3H,4H2,1-2H3. The minimum atomic E-state index is -0.468. The maximum Gasteiger partial charge on any atom is 0.325 e. The van der Waals surface area contributed by atoms with Crippen molar-refractivity contribution >= 4 is 23.6 Å². The van der Waals surface area contributed by atoms with Gasteiger partial charge >= 0.3 is 5.97 Å². The predicted octanol–water partition coefficient (Wildman–Crippen LogP) is -0.217. The molecule has 7 heteroatoms. The van der Waals surface area contributed by atoms with E-state index in [1.54, 1.807) is 0 Å². The van der Waals surface area contributed by atoms with Crippen molar-refractivity contribution in [3.8, 4) is 0 Å². The summed E-state index contributed by atoms with van der Waals surface area (Å²) in [6.45, 7) is -0.0904. The highest BCUT2D eigenvalue weighted by Gasteiger charge is 2.16. The third kappa shape index (κ3) is 2.49. The Morgan fingerprint density at radius 3 is 2.86 bits per heavy atom. The lowest BCUT2D eigenvalue weighted by Crippen LogP contribution is -2.32. The van der Waals surface area contributed by atoms with Crippen LogP contribution < -0.4 is 0 Å². The zero-order valence-corrected chi connectivity index (χ0v) is 8.58. The van der Waals surface area contributed by atoms with Gasteiger partial charge in [0.25, 0.3) is 5.91 Å². The van der Waals surface area contributed by atoms with Crippen LogP contribution in [-0.2, 0) is 9.53 Å². The number of carbonyl (C=O) groups is 2. The number of hydrogen-bond acceptors (Lipinski definition) is 6. The van der Waals surface area contributed by atoms with Gasteiger partial charge in [-0.25, -0.2) is 0 Å². The van der Waals surface area contributed by atoms with Crippen LogP contribution in [0.2, 0.25) is 0 Å². The first-order valence-electron chi connectivity index (χ1n) is 3.75. The fourth-order valence-corrected chi connectivity index (χ4v) is 1.19. The molecule has 1 rings (SSSR count). The van der Waals surface area contributed by atoms with E-state index in [4.69, 9.17) is 0 Å². The van der Waals surface area contributed by atoms with E-state index in [2.05, 4.69) is 13.5 Å². The minimum absolute atomic E-state index is 0.0904. The van der Waals surface area contributed by atoms with Gasteiger partial charge in [-0.15, -0.1) is 0 Å². The molecule has 0 unspecified atom stereocenters. The Hall–Kier alpha value is -1.50. The molecule has 14 heavy (non-hydrogen) atoms. The summed E-state index contributed by atoms with van der Waals surface area (Å²) >= 11 is 0.946. The number of likely N-dealkylation sites (N-methyl/N-ethyl adjacent to an activating group) is 1. The fraction of sp³-hybridized carbons (Fsp3) is 0.429. The smallest absolute Gasteiger partial charge is 0.325 e. The number of nitrogens with zero attached hydrogens (tertiary/aromatic N) is 3. The second-order valence-electron chi connectivity index (χ2n) is 2.53. The van der Waals surface area contributed by atoms with Crippen molar-refractivity contribution in [2.24, 2.45) is 0 Å². The number of ether oxygens (including phenoxy) is 1. The Morgan fingerprint density at radius 2 is 2.36 bits per heavy atom. The highest BCUT2D eigenvalue weighted by atomic mass is 32.1. The summed E-state index contributed by atoms with van der Waals surface area (Å²) in [6.07, 6.45) is 1.36. The van der Waals surface area contributed by atoms with Crippen molar-refractivity contribution in [2.75, 3.05) is 20.7 Å². The third-order valence-corrected chi connectivity index (χ3v) is 2.00. The Bertz CT molecular complexity index is 325. The lowest BCUT2D eigenvalue weighted by Gasteiger charge is -2.13. The highest BCUT2D eigenvalue weighted by molar-refractivity contribution is 6.99. The highest BCUT2D eigenvalue weighted by Crippen LogP contribution is 2.00. The van der Waals surface area contributed by atoms with Gasteiger partial charge in [-0.2, -0.15) is 8.75 Å². The summed E-state index contributed by atoms with van der Waals surface area (Å²) in [5.74, 6) is -0.812. The number of amides is 1. The molecule has 0 aliphatic rings. The van der Waals surface area contributed by atoms with Crippen molar-refractivity contribution in [1.29, 1.82) is 0 Å². The van der Waals surface area contributed by atoms with Gasteiger partial charge < -0.3 is 9.64 Å². The van der Waals surface area contributed by atoms with E-state index < -0.39 is 5.97 Å². The van der Waals surface area contributed by atoms with Crippen LogP contribution in [0.15, 0.2) is 6.20 Å². The van der Waals surface area contributed by atoms with Crippen LogP contribution in [0.5, 0.6) is 0 Å². The van der Waals surface area contributed by atoms with Gasteiger partial charge in [-0.3, -0.25) is 9.59 Å². The Balaban J connectivity index is 2.58. The first-order chi connectivity index (χ1) is 6.65. The van der Waals surface area contributed by atoms with Crippen LogP contribution >= 0.6 is 11.7 Å². The van der Waals surface area contributed by atoms with E-state index in [1.165, 1.54) is 25.3 Å². The summed E-state index contributed by atoms with van der Waals surface area (Å²) in [5, 5.41) is 0. The number of hydrogen-bond donors (Lipinski definition) is 0. The van der Waals surface area contributed by atoms with Crippen molar-refractivity contribution in [2.45, 2.75) is 0 Å². The summed E-state index contributed by atoms with van der Waals surface area (Å²) in [6, 6.07) is 0. The molecule has 0 radical (unpaired) electrons. The summed E-state index contributed by atoms with van der Waals surface area (Å²) in [7, 11) is 2.77. The van der Waals surface area contributed by atoms with E-state index in [-0.39, 0.29) is 18.1 Å². The third-order valence-electron chi connectivity index (χ3n) is 1.52. The van der Waals surface area contributed by atoms with Crippen LogP contribution in [0.25, 0.3) is 0 Å². The molecule has 0 bridgehead atoms. The van der Waals surface area contributed by atoms with E-state index in [9.17, 15) is 9.59 Å². The second-order valence-corrected chi connectivity index (χ2v) is 3.09. The zero-order valence-electron chi connectivity index (χ0n) is 7.76. The van der Waals surface area contributed by atoms with Crippen molar-refractivity contribution < 1.29 is 14.3 Å². The Labute approximate surface area is 84.8 Å². The predicted molar refractivity (Wildman–Crippen MR) is 48.9 cm³/mol. The average Bonchev–Trinajstić information content (AvgIpc) is 2.69. The number of esters is 1. The maximum absolute atomic E-state index is 11.5. The van der Waals surface area contributed by atoms with Gasteiger partial charge in [0.15, 0.2) is 5.69 Å². The molecule has 0 N–H and O–H groups in total. The quantitative estimate of drug-likeness (QED) is 0.652. The SMILES string of the molecule is COC(=O)CN(C)C(=O)c1cnsn1. The molecule has 0 saturated heterocycles. The zero-order chi connectivity index (χ0) is 10.6. The average molecular weight is 215 g/mol. The van der Waals surface area contributed by atoms with Gasteiger partial charge in [-0.05, 0) is 0 Å². The number of carbonyl (C=O) groups excluding carboxylic acids is 2. The van der Waals surface area contributed by atoms with Gasteiger partial charge in [0, 0.05) is 7.05 Å². The molecule has 0 saturated carbocycles. The van der Waals surface area contributed by atoms with Crippen LogP contribution in [0.4, 0.5) is 0 Å². The number of aromatic nitrogens is 2. The lowest BCUT2D eigenvalue weighted by atomic mass is 10.4. The van der Waals surface area contributed by atoms with Crippen LogP contribution in [0, 0.1) is 0 Å².